The van der Waals surface area contributed by atoms with E-state index in [0.717, 1.165) is 40.6 Å². The van der Waals surface area contributed by atoms with Crippen LogP contribution in [0.1, 0.15) is 22.3 Å². The van der Waals surface area contributed by atoms with Crippen LogP contribution in [0.5, 0.6) is 0 Å². The Kier molecular flexibility index (Phi) is 3.14. The number of fused-ring (bicyclic) bond motifs is 15. The van der Waals surface area contributed by atoms with Crippen LogP contribution in [-0.4, -0.2) is 14.4 Å². The maximum absolute atomic E-state index is 5.19. The van der Waals surface area contributed by atoms with Crippen molar-refractivity contribution in [3.8, 4) is 22.3 Å². The minimum Gasteiger partial charge on any atom is -0.290 e. The molecule has 0 amide bonds. The van der Waals surface area contributed by atoms with Crippen molar-refractivity contribution in [3.63, 3.8) is 0 Å². The van der Waals surface area contributed by atoms with Crippen molar-refractivity contribution >= 4 is 38.5 Å². The standard InChI is InChI=1S/C32H19N3/c1-2-7-22-18(6-1)14-20-16-21-15-19-11-12-23-30(29(19)25(21)17-24(20)22)32-34-26-8-3-4-9-27(26)35(32)28-10-5-13-33-31(23)28/h1-13,16-17H,14-15H2. The number of rotatable bonds is 0. The van der Waals surface area contributed by atoms with E-state index in [1.165, 1.54) is 55.3 Å². The summed E-state index contributed by atoms with van der Waals surface area (Å²) in [6, 6.07) is 30.9. The lowest BCUT2D eigenvalue weighted by Gasteiger charge is -2.13. The Hall–Kier alpha value is -4.50. The summed E-state index contributed by atoms with van der Waals surface area (Å²) < 4.78 is 2.31. The SMILES string of the molecule is c1ccc2c(c1)Cc1cc3c(cc1-2)-c1c(ccc2c4ncccc4n4c5ccccc5nc4c12)C3. The molecule has 3 heteroatoms. The maximum Gasteiger partial charge on any atom is 0.147 e. The van der Waals surface area contributed by atoms with Crippen LogP contribution in [0.3, 0.4) is 0 Å². The molecule has 3 nitrogen and oxygen atoms in total. The minimum absolute atomic E-state index is 0.969. The third-order valence-electron chi connectivity index (χ3n) is 8.03. The monoisotopic (exact) mass is 445 g/mol. The highest BCUT2D eigenvalue weighted by molar-refractivity contribution is 6.19. The number of hydrogen-bond donors (Lipinski definition) is 0. The van der Waals surface area contributed by atoms with Crippen molar-refractivity contribution in [1.29, 1.82) is 0 Å². The fourth-order valence-corrected chi connectivity index (χ4v) is 6.57. The quantitative estimate of drug-likeness (QED) is 0.229. The molecular formula is C32H19N3. The molecular weight excluding hydrogens is 426 g/mol. The second kappa shape index (κ2) is 6.13. The maximum atomic E-state index is 5.19. The van der Waals surface area contributed by atoms with Crippen molar-refractivity contribution in [2.24, 2.45) is 0 Å². The molecule has 0 radical (unpaired) electrons. The number of aromatic nitrogens is 3. The average molecular weight is 446 g/mol. The fraction of sp³-hybridized carbons (Fsp3) is 0.0625. The Morgan fingerprint density at radius 2 is 1.46 bits per heavy atom. The zero-order chi connectivity index (χ0) is 22.7. The predicted octanol–water partition coefficient (Wildman–Crippen LogP) is 7.33. The molecule has 3 heterocycles. The third-order valence-corrected chi connectivity index (χ3v) is 8.03. The molecule has 35 heavy (non-hydrogen) atoms. The summed E-state index contributed by atoms with van der Waals surface area (Å²) in [6.07, 6.45) is 3.90. The van der Waals surface area contributed by atoms with Gasteiger partial charge in [0.1, 0.15) is 5.65 Å². The van der Waals surface area contributed by atoms with Gasteiger partial charge in [0, 0.05) is 17.0 Å². The van der Waals surface area contributed by atoms with Crippen molar-refractivity contribution < 1.29 is 0 Å². The molecule has 0 aliphatic heterocycles. The lowest BCUT2D eigenvalue weighted by atomic mass is 9.94. The largest absolute Gasteiger partial charge is 0.290 e. The summed E-state index contributed by atoms with van der Waals surface area (Å²) in [7, 11) is 0. The Labute approximate surface area is 201 Å². The number of imidazole rings is 1. The number of para-hydroxylation sites is 2. The topological polar surface area (TPSA) is 30.2 Å². The first kappa shape index (κ1) is 17.9. The zero-order valence-electron chi connectivity index (χ0n) is 18.9. The van der Waals surface area contributed by atoms with Crippen LogP contribution in [0.2, 0.25) is 0 Å². The fourth-order valence-electron chi connectivity index (χ4n) is 6.57. The number of benzene rings is 4. The summed E-state index contributed by atoms with van der Waals surface area (Å²) in [5.41, 5.74) is 16.4. The highest BCUT2D eigenvalue weighted by Crippen LogP contribution is 2.48. The zero-order valence-corrected chi connectivity index (χ0v) is 18.9. The van der Waals surface area contributed by atoms with E-state index in [1.807, 2.05) is 12.3 Å². The lowest BCUT2D eigenvalue weighted by Crippen LogP contribution is -1.95. The van der Waals surface area contributed by atoms with Gasteiger partial charge in [-0.3, -0.25) is 9.38 Å². The molecule has 0 atom stereocenters. The summed E-state index contributed by atoms with van der Waals surface area (Å²) >= 11 is 0. The predicted molar refractivity (Wildman–Crippen MR) is 142 cm³/mol. The highest BCUT2D eigenvalue weighted by Gasteiger charge is 2.28. The average Bonchev–Trinajstić information content (AvgIpc) is 3.58. The van der Waals surface area contributed by atoms with Gasteiger partial charge in [-0.15, -0.1) is 0 Å². The van der Waals surface area contributed by atoms with Crippen LogP contribution >= 0.6 is 0 Å². The van der Waals surface area contributed by atoms with Gasteiger partial charge in [0.25, 0.3) is 0 Å². The van der Waals surface area contributed by atoms with E-state index >= 15 is 0 Å². The van der Waals surface area contributed by atoms with E-state index in [0.29, 0.717) is 0 Å². The van der Waals surface area contributed by atoms with Gasteiger partial charge in [-0.25, -0.2) is 4.98 Å². The normalized spacial score (nSPS) is 13.5. The van der Waals surface area contributed by atoms with Gasteiger partial charge in [0.15, 0.2) is 0 Å². The Bertz CT molecular complexity index is 2060. The molecule has 2 aliphatic carbocycles. The van der Waals surface area contributed by atoms with Crippen LogP contribution in [-0.2, 0) is 12.8 Å². The molecule has 0 spiro atoms. The van der Waals surface area contributed by atoms with E-state index in [4.69, 9.17) is 9.97 Å². The van der Waals surface area contributed by atoms with E-state index < -0.39 is 0 Å². The second-order valence-electron chi connectivity index (χ2n) is 9.83. The third kappa shape index (κ3) is 2.17. The van der Waals surface area contributed by atoms with Gasteiger partial charge in [-0.1, -0.05) is 54.6 Å². The van der Waals surface area contributed by atoms with Crippen molar-refractivity contribution in [2.45, 2.75) is 12.8 Å². The van der Waals surface area contributed by atoms with Gasteiger partial charge in [-0.05, 0) is 87.7 Å². The number of hydrogen-bond acceptors (Lipinski definition) is 2. The van der Waals surface area contributed by atoms with Crippen LogP contribution in [0.4, 0.5) is 0 Å². The lowest BCUT2D eigenvalue weighted by molar-refractivity contribution is 1.21. The molecule has 2 aliphatic rings. The Morgan fingerprint density at radius 3 is 2.46 bits per heavy atom. The van der Waals surface area contributed by atoms with Crippen molar-refractivity contribution in [2.75, 3.05) is 0 Å². The Balaban J connectivity index is 1.48. The number of nitrogens with zero attached hydrogens (tertiary/aromatic N) is 3. The second-order valence-corrected chi connectivity index (χ2v) is 9.83. The minimum atomic E-state index is 0.969. The molecule has 9 rings (SSSR count). The van der Waals surface area contributed by atoms with E-state index in [1.54, 1.807) is 0 Å². The first-order chi connectivity index (χ1) is 17.3. The van der Waals surface area contributed by atoms with Gasteiger partial charge >= 0.3 is 0 Å². The van der Waals surface area contributed by atoms with Crippen LogP contribution in [0.15, 0.2) is 91.1 Å². The van der Waals surface area contributed by atoms with Crippen molar-refractivity contribution in [3.05, 3.63) is 113 Å². The number of pyridine rings is 2. The van der Waals surface area contributed by atoms with Crippen LogP contribution < -0.4 is 0 Å². The van der Waals surface area contributed by atoms with E-state index in [2.05, 4.69) is 83.3 Å². The van der Waals surface area contributed by atoms with E-state index in [9.17, 15) is 0 Å². The first-order valence-electron chi connectivity index (χ1n) is 12.2. The smallest absolute Gasteiger partial charge is 0.147 e. The highest BCUT2D eigenvalue weighted by atomic mass is 15.0. The molecule has 0 fully saturated rings. The van der Waals surface area contributed by atoms with E-state index in [-0.39, 0.29) is 0 Å². The Morgan fingerprint density at radius 1 is 0.629 bits per heavy atom. The molecule has 0 saturated carbocycles. The first-order valence-corrected chi connectivity index (χ1v) is 12.2. The summed E-state index contributed by atoms with van der Waals surface area (Å²) in [5.74, 6) is 0. The summed E-state index contributed by atoms with van der Waals surface area (Å²) in [4.78, 5) is 10.1. The van der Waals surface area contributed by atoms with Gasteiger partial charge < -0.3 is 0 Å². The van der Waals surface area contributed by atoms with Gasteiger partial charge in [-0.2, -0.15) is 0 Å². The molecule has 0 N–H and O–H groups in total. The molecule has 0 bridgehead atoms. The molecule has 0 saturated heterocycles. The molecule has 3 aromatic heterocycles. The molecule has 4 aromatic carbocycles. The summed E-state index contributed by atoms with van der Waals surface area (Å²) in [6.45, 7) is 0. The summed E-state index contributed by atoms with van der Waals surface area (Å²) in [5, 5.41) is 2.39. The molecule has 7 aromatic rings. The molecule has 0 unspecified atom stereocenters. The van der Waals surface area contributed by atoms with Crippen LogP contribution in [0.25, 0.3) is 60.7 Å². The van der Waals surface area contributed by atoms with Crippen molar-refractivity contribution in [1.82, 2.24) is 14.4 Å². The van der Waals surface area contributed by atoms with Gasteiger partial charge in [0.2, 0.25) is 0 Å². The van der Waals surface area contributed by atoms with Crippen LogP contribution in [0, 0.1) is 0 Å². The molecule has 162 valence electrons. The van der Waals surface area contributed by atoms with Gasteiger partial charge in [0.05, 0.1) is 22.1 Å².